The average molecular weight is 450 g/mol. The number of fused-ring (bicyclic) bond motifs is 2. The molecule has 5 rings (SSSR count). The van der Waals surface area contributed by atoms with Gasteiger partial charge in [-0.3, -0.25) is 19.5 Å². The van der Waals surface area contributed by atoms with Gasteiger partial charge in [-0.1, -0.05) is 18.1 Å². The minimum absolute atomic E-state index is 0.0559. The van der Waals surface area contributed by atoms with E-state index in [1.165, 1.54) is 10.9 Å². The van der Waals surface area contributed by atoms with Crippen LogP contribution in [0.15, 0.2) is 24.5 Å². The molecular formula is C21H18N6O6. The number of anilines is 1. The summed E-state index contributed by atoms with van der Waals surface area (Å²) in [5.74, 6) is 4.90. The van der Waals surface area contributed by atoms with Gasteiger partial charge in [0, 0.05) is 6.42 Å². The van der Waals surface area contributed by atoms with Crippen molar-refractivity contribution >= 4 is 28.8 Å². The first kappa shape index (κ1) is 21.0. The molecule has 168 valence electrons. The van der Waals surface area contributed by atoms with Crippen LogP contribution in [0, 0.1) is 11.8 Å². The summed E-state index contributed by atoms with van der Waals surface area (Å²) in [7, 11) is 0. The maximum absolute atomic E-state index is 12.1. The maximum Gasteiger partial charge on any atom is 0.259 e. The molecule has 0 aliphatic carbocycles. The lowest BCUT2D eigenvalue weighted by Gasteiger charge is -2.16. The standard InChI is InChI=1S/C21H18N6O6/c22-17-14-18(27(8-23-14)21-16(30)15(29)11(7-28)33-21)25-12(24-17)6-2-4-9-3-1-5-10-13(9)20(32)26-19(10)31/h1,3,5,8,11,15-16,21,28-30H,4,7H2,(H2,22,24,25)(H,26,31,32)/t11-,15-,16-,21-/m1/s1. The Morgan fingerprint density at radius 1 is 1.18 bits per heavy atom. The molecule has 4 heterocycles. The van der Waals surface area contributed by atoms with Crippen LogP contribution in [0.5, 0.6) is 0 Å². The number of nitrogens with one attached hydrogen (secondary N) is 1. The molecule has 2 aliphatic rings. The molecule has 1 fully saturated rings. The lowest BCUT2D eigenvalue weighted by Crippen LogP contribution is -2.33. The third kappa shape index (κ3) is 3.40. The third-order valence-corrected chi connectivity index (χ3v) is 5.57. The number of imide groups is 1. The fourth-order valence-corrected chi connectivity index (χ4v) is 3.95. The van der Waals surface area contributed by atoms with Crippen molar-refractivity contribution in [1.82, 2.24) is 24.8 Å². The van der Waals surface area contributed by atoms with E-state index in [0.717, 1.165) is 0 Å². The quantitative estimate of drug-likeness (QED) is 0.232. The lowest BCUT2D eigenvalue weighted by molar-refractivity contribution is -0.0511. The summed E-state index contributed by atoms with van der Waals surface area (Å²) < 4.78 is 6.93. The SMILES string of the molecule is Nc1nc(C#CCc2cccc3c2C(=O)NC3=O)nc2c1ncn2[C@@H]1O[C@H](CO)[C@@H](O)[C@H]1O. The molecule has 6 N–H and O–H groups in total. The van der Waals surface area contributed by atoms with Crippen LogP contribution in [0.4, 0.5) is 5.82 Å². The highest BCUT2D eigenvalue weighted by Gasteiger charge is 2.44. The Hall–Kier alpha value is -3.89. The van der Waals surface area contributed by atoms with Crippen molar-refractivity contribution in [3.63, 3.8) is 0 Å². The molecule has 0 radical (unpaired) electrons. The molecule has 1 aromatic carbocycles. The number of nitrogens with two attached hydrogens (primary N) is 1. The number of ether oxygens (including phenoxy) is 1. The zero-order valence-electron chi connectivity index (χ0n) is 17.0. The van der Waals surface area contributed by atoms with Crippen molar-refractivity contribution in [1.29, 1.82) is 0 Å². The molecule has 2 aromatic heterocycles. The van der Waals surface area contributed by atoms with Crippen LogP contribution in [-0.2, 0) is 11.2 Å². The Kier molecular flexibility index (Phi) is 5.03. The van der Waals surface area contributed by atoms with E-state index < -0.39 is 43.0 Å². The Morgan fingerprint density at radius 2 is 2.00 bits per heavy atom. The van der Waals surface area contributed by atoms with E-state index in [4.69, 9.17) is 10.5 Å². The van der Waals surface area contributed by atoms with Gasteiger partial charge in [0.1, 0.15) is 23.8 Å². The largest absolute Gasteiger partial charge is 0.394 e. The predicted octanol–water partition coefficient (Wildman–Crippen LogP) is -1.50. The molecule has 0 saturated carbocycles. The topological polar surface area (TPSA) is 186 Å². The summed E-state index contributed by atoms with van der Waals surface area (Å²) in [6.07, 6.45) is -3.10. The van der Waals surface area contributed by atoms with Gasteiger partial charge in [-0.05, 0) is 17.6 Å². The van der Waals surface area contributed by atoms with Crippen LogP contribution >= 0.6 is 0 Å². The Balaban J connectivity index is 1.46. The zero-order valence-corrected chi connectivity index (χ0v) is 17.0. The molecule has 1 saturated heterocycles. The number of carbonyl (C=O) groups excluding carboxylic acids is 2. The molecule has 33 heavy (non-hydrogen) atoms. The van der Waals surface area contributed by atoms with Crippen LogP contribution < -0.4 is 11.1 Å². The molecule has 4 atom stereocenters. The van der Waals surface area contributed by atoms with E-state index in [0.29, 0.717) is 16.7 Å². The van der Waals surface area contributed by atoms with E-state index in [2.05, 4.69) is 32.1 Å². The summed E-state index contributed by atoms with van der Waals surface area (Å²) >= 11 is 0. The van der Waals surface area contributed by atoms with Crippen molar-refractivity contribution < 1.29 is 29.6 Å². The van der Waals surface area contributed by atoms with Crippen molar-refractivity contribution in [3.8, 4) is 11.8 Å². The van der Waals surface area contributed by atoms with Gasteiger partial charge in [-0.2, -0.15) is 0 Å². The summed E-state index contributed by atoms with van der Waals surface area (Å²) in [4.78, 5) is 36.5. The first-order valence-corrected chi connectivity index (χ1v) is 9.98. The van der Waals surface area contributed by atoms with E-state index >= 15 is 0 Å². The highest BCUT2D eigenvalue weighted by Crippen LogP contribution is 2.32. The molecule has 12 nitrogen and oxygen atoms in total. The smallest absolute Gasteiger partial charge is 0.259 e. The normalized spacial score (nSPS) is 24.0. The monoisotopic (exact) mass is 450 g/mol. The summed E-state index contributed by atoms with van der Waals surface area (Å²) in [6, 6.07) is 4.96. The van der Waals surface area contributed by atoms with Crippen molar-refractivity contribution in [2.45, 2.75) is 31.0 Å². The molecular weight excluding hydrogens is 432 g/mol. The van der Waals surface area contributed by atoms with E-state index in [1.807, 2.05) is 0 Å². The first-order chi connectivity index (χ1) is 15.9. The van der Waals surface area contributed by atoms with Gasteiger partial charge in [-0.15, -0.1) is 0 Å². The molecule has 0 bridgehead atoms. The molecule has 0 unspecified atom stereocenters. The fraction of sp³-hybridized carbons (Fsp3) is 0.286. The van der Waals surface area contributed by atoms with Crippen molar-refractivity contribution in [3.05, 3.63) is 47.0 Å². The second-order valence-electron chi connectivity index (χ2n) is 7.59. The van der Waals surface area contributed by atoms with Crippen LogP contribution in [0.2, 0.25) is 0 Å². The van der Waals surface area contributed by atoms with Gasteiger partial charge in [-0.25, -0.2) is 15.0 Å². The number of aliphatic hydroxyl groups is 3. The number of rotatable bonds is 3. The van der Waals surface area contributed by atoms with E-state index in [-0.39, 0.29) is 29.2 Å². The average Bonchev–Trinajstić information content (AvgIpc) is 3.43. The zero-order chi connectivity index (χ0) is 23.3. The van der Waals surface area contributed by atoms with Gasteiger partial charge in [0.2, 0.25) is 5.82 Å². The molecule has 2 amide bonds. The van der Waals surface area contributed by atoms with Crippen LogP contribution in [-0.4, -0.2) is 71.6 Å². The number of nitrogen functional groups attached to an aromatic ring is 1. The lowest BCUT2D eigenvalue weighted by atomic mass is 10.0. The molecule has 3 aromatic rings. The van der Waals surface area contributed by atoms with Gasteiger partial charge in [0.05, 0.1) is 24.1 Å². The number of hydrogen-bond donors (Lipinski definition) is 5. The summed E-state index contributed by atoms with van der Waals surface area (Å²) in [5, 5.41) is 31.9. The number of nitrogens with zero attached hydrogens (tertiary/aromatic N) is 4. The number of imidazole rings is 1. The summed E-state index contributed by atoms with van der Waals surface area (Å²) in [6.45, 7) is -0.470. The third-order valence-electron chi connectivity index (χ3n) is 5.57. The second-order valence-corrected chi connectivity index (χ2v) is 7.59. The molecule has 2 aliphatic heterocycles. The number of aromatic nitrogens is 4. The van der Waals surface area contributed by atoms with Crippen molar-refractivity contribution in [2.75, 3.05) is 12.3 Å². The Bertz CT molecular complexity index is 1360. The number of carbonyl (C=O) groups is 2. The number of hydrogen-bond acceptors (Lipinski definition) is 10. The predicted molar refractivity (Wildman–Crippen MR) is 112 cm³/mol. The van der Waals surface area contributed by atoms with E-state index in [1.54, 1.807) is 18.2 Å². The van der Waals surface area contributed by atoms with Gasteiger partial charge < -0.3 is 25.8 Å². The number of benzene rings is 1. The van der Waals surface area contributed by atoms with Crippen LogP contribution in [0.25, 0.3) is 11.2 Å². The van der Waals surface area contributed by atoms with E-state index in [9.17, 15) is 24.9 Å². The number of aliphatic hydroxyl groups excluding tert-OH is 3. The van der Waals surface area contributed by atoms with Gasteiger partial charge >= 0.3 is 0 Å². The van der Waals surface area contributed by atoms with Gasteiger partial charge in [0.15, 0.2) is 17.7 Å². The maximum atomic E-state index is 12.1. The highest BCUT2D eigenvalue weighted by atomic mass is 16.6. The minimum atomic E-state index is -1.32. The van der Waals surface area contributed by atoms with Crippen LogP contribution in [0.1, 0.15) is 38.3 Å². The minimum Gasteiger partial charge on any atom is -0.394 e. The fourth-order valence-electron chi connectivity index (χ4n) is 3.95. The number of amides is 2. The van der Waals surface area contributed by atoms with Crippen LogP contribution in [0.3, 0.4) is 0 Å². The Morgan fingerprint density at radius 3 is 2.76 bits per heavy atom. The summed E-state index contributed by atoms with van der Waals surface area (Å²) in [5.41, 5.74) is 7.69. The molecule has 12 heteroatoms. The second kappa shape index (κ2) is 7.91. The Labute approximate surface area is 186 Å². The molecule has 0 spiro atoms. The first-order valence-electron chi connectivity index (χ1n) is 9.98. The van der Waals surface area contributed by atoms with Gasteiger partial charge in [0.25, 0.3) is 11.8 Å². The highest BCUT2D eigenvalue weighted by molar-refractivity contribution is 6.22. The van der Waals surface area contributed by atoms with Crippen molar-refractivity contribution in [2.24, 2.45) is 0 Å².